The lowest BCUT2D eigenvalue weighted by Crippen LogP contribution is -2.22. The Hall–Kier alpha value is -1.45. The quantitative estimate of drug-likeness (QED) is 0.860. The zero-order chi connectivity index (χ0) is 14.5. The molecule has 0 saturated heterocycles. The normalized spacial score (nSPS) is 12.4. The number of furan rings is 1. The van der Waals surface area contributed by atoms with Gasteiger partial charge in [0.05, 0.1) is 18.2 Å². The minimum atomic E-state index is 0.00653. The van der Waals surface area contributed by atoms with E-state index in [1.54, 1.807) is 7.11 Å². The van der Waals surface area contributed by atoms with E-state index in [2.05, 4.69) is 12.2 Å². The van der Waals surface area contributed by atoms with Gasteiger partial charge >= 0.3 is 0 Å². The van der Waals surface area contributed by atoms with E-state index in [0.717, 1.165) is 30.0 Å². The molecule has 0 saturated carbocycles. The van der Waals surface area contributed by atoms with Gasteiger partial charge in [-0.15, -0.1) is 0 Å². The van der Waals surface area contributed by atoms with Gasteiger partial charge in [0, 0.05) is 0 Å². The summed E-state index contributed by atoms with van der Waals surface area (Å²) in [6.07, 6.45) is 1.06. The number of ether oxygens (including phenoxy) is 1. The predicted molar refractivity (Wildman–Crippen MR) is 81.6 cm³/mol. The summed E-state index contributed by atoms with van der Waals surface area (Å²) in [5.41, 5.74) is 1.07. The maximum Gasteiger partial charge on any atom is 0.137 e. The number of aryl methyl sites for hydroxylation is 1. The van der Waals surface area contributed by atoms with Gasteiger partial charge in [-0.05, 0) is 49.7 Å². The molecule has 0 amide bonds. The fourth-order valence-electron chi connectivity index (χ4n) is 2.14. The third kappa shape index (κ3) is 3.35. The molecular weight excluding hydrogens is 274 g/mol. The molecule has 1 aromatic heterocycles. The van der Waals surface area contributed by atoms with Crippen LogP contribution in [0.25, 0.3) is 0 Å². The first-order valence-electron chi connectivity index (χ1n) is 6.79. The average Bonchev–Trinajstić information content (AvgIpc) is 2.86. The summed E-state index contributed by atoms with van der Waals surface area (Å²) in [5.74, 6) is 2.49. The highest BCUT2D eigenvalue weighted by Gasteiger charge is 2.18. The molecule has 0 aliphatic rings. The number of rotatable bonds is 6. The number of hydrogen-bond donors (Lipinski definition) is 1. The number of nitrogens with one attached hydrogen (secondary N) is 1. The van der Waals surface area contributed by atoms with Gasteiger partial charge in [0.15, 0.2) is 0 Å². The average molecular weight is 294 g/mol. The summed E-state index contributed by atoms with van der Waals surface area (Å²) >= 11 is 6.22. The highest BCUT2D eigenvalue weighted by Crippen LogP contribution is 2.31. The fourth-order valence-corrected chi connectivity index (χ4v) is 2.41. The van der Waals surface area contributed by atoms with E-state index >= 15 is 0 Å². The Morgan fingerprint density at radius 1 is 1.30 bits per heavy atom. The van der Waals surface area contributed by atoms with E-state index < -0.39 is 0 Å². The molecule has 2 rings (SSSR count). The standard InChI is InChI=1S/C16H20ClNO2/c1-4-9-18-16(15-7-5-11(2)20-15)12-6-8-14(19-3)13(17)10-12/h5-8,10,16,18H,4,9H2,1-3H3. The molecule has 1 atom stereocenters. The van der Waals surface area contributed by atoms with Crippen LogP contribution in [0.3, 0.4) is 0 Å². The van der Waals surface area contributed by atoms with Crippen molar-refractivity contribution < 1.29 is 9.15 Å². The van der Waals surface area contributed by atoms with Crippen molar-refractivity contribution in [2.24, 2.45) is 0 Å². The van der Waals surface area contributed by atoms with Crippen LogP contribution in [0.5, 0.6) is 5.75 Å². The summed E-state index contributed by atoms with van der Waals surface area (Å²) in [7, 11) is 1.61. The van der Waals surface area contributed by atoms with E-state index in [1.807, 2.05) is 37.3 Å². The topological polar surface area (TPSA) is 34.4 Å². The molecule has 1 N–H and O–H groups in total. The lowest BCUT2D eigenvalue weighted by Gasteiger charge is -2.18. The van der Waals surface area contributed by atoms with Gasteiger partial charge in [0.1, 0.15) is 17.3 Å². The Balaban J connectivity index is 2.33. The van der Waals surface area contributed by atoms with Gasteiger partial charge in [0.2, 0.25) is 0 Å². The molecule has 108 valence electrons. The maximum atomic E-state index is 6.22. The molecular formula is C16H20ClNO2. The first-order valence-corrected chi connectivity index (χ1v) is 7.16. The Labute approximate surface area is 124 Å². The lowest BCUT2D eigenvalue weighted by molar-refractivity contribution is 0.413. The maximum absolute atomic E-state index is 6.22. The molecule has 0 bridgehead atoms. The molecule has 3 nitrogen and oxygen atoms in total. The molecule has 0 aliphatic carbocycles. The zero-order valence-electron chi connectivity index (χ0n) is 12.1. The highest BCUT2D eigenvalue weighted by atomic mass is 35.5. The molecule has 1 aromatic carbocycles. The van der Waals surface area contributed by atoms with Crippen LogP contribution in [0.1, 0.15) is 36.5 Å². The van der Waals surface area contributed by atoms with Gasteiger partial charge in [-0.2, -0.15) is 0 Å². The number of halogens is 1. The van der Waals surface area contributed by atoms with Crippen LogP contribution in [-0.4, -0.2) is 13.7 Å². The van der Waals surface area contributed by atoms with Gasteiger partial charge in [0.25, 0.3) is 0 Å². The van der Waals surface area contributed by atoms with E-state index in [0.29, 0.717) is 10.8 Å². The summed E-state index contributed by atoms with van der Waals surface area (Å²) in [6.45, 7) is 4.99. The van der Waals surface area contributed by atoms with E-state index in [9.17, 15) is 0 Å². The minimum absolute atomic E-state index is 0.00653. The van der Waals surface area contributed by atoms with Crippen LogP contribution >= 0.6 is 11.6 Å². The Morgan fingerprint density at radius 3 is 2.65 bits per heavy atom. The van der Waals surface area contributed by atoms with Crippen LogP contribution < -0.4 is 10.1 Å². The van der Waals surface area contributed by atoms with E-state index in [-0.39, 0.29) is 6.04 Å². The van der Waals surface area contributed by atoms with Crippen LogP contribution in [0.15, 0.2) is 34.7 Å². The second-order valence-electron chi connectivity index (χ2n) is 4.73. The molecule has 4 heteroatoms. The third-order valence-corrected chi connectivity index (χ3v) is 3.45. The Morgan fingerprint density at radius 2 is 2.10 bits per heavy atom. The zero-order valence-corrected chi connectivity index (χ0v) is 12.8. The van der Waals surface area contributed by atoms with Crippen molar-refractivity contribution in [3.8, 4) is 5.75 Å². The smallest absolute Gasteiger partial charge is 0.137 e. The Bertz CT molecular complexity index is 565. The van der Waals surface area contributed by atoms with Crippen LogP contribution in [0.4, 0.5) is 0 Å². The van der Waals surface area contributed by atoms with Gasteiger partial charge < -0.3 is 14.5 Å². The van der Waals surface area contributed by atoms with E-state index in [1.165, 1.54) is 0 Å². The lowest BCUT2D eigenvalue weighted by atomic mass is 10.0. The summed E-state index contributed by atoms with van der Waals surface area (Å²) < 4.78 is 11.0. The molecule has 2 aromatic rings. The summed E-state index contributed by atoms with van der Waals surface area (Å²) in [4.78, 5) is 0. The van der Waals surface area contributed by atoms with Crippen molar-refractivity contribution in [2.45, 2.75) is 26.3 Å². The molecule has 1 unspecified atom stereocenters. The van der Waals surface area contributed by atoms with Gasteiger partial charge in [-0.3, -0.25) is 0 Å². The number of methoxy groups -OCH3 is 1. The van der Waals surface area contributed by atoms with Crippen molar-refractivity contribution >= 4 is 11.6 Å². The number of benzene rings is 1. The SMILES string of the molecule is CCCNC(c1ccc(OC)c(Cl)c1)c1ccc(C)o1. The largest absolute Gasteiger partial charge is 0.495 e. The summed E-state index contributed by atoms with van der Waals surface area (Å²) in [6, 6.07) is 9.80. The van der Waals surface area contributed by atoms with Crippen molar-refractivity contribution in [1.29, 1.82) is 0 Å². The monoisotopic (exact) mass is 293 g/mol. The van der Waals surface area contributed by atoms with Crippen molar-refractivity contribution in [3.05, 3.63) is 52.4 Å². The molecule has 1 heterocycles. The van der Waals surface area contributed by atoms with Gasteiger partial charge in [-0.1, -0.05) is 24.6 Å². The second-order valence-corrected chi connectivity index (χ2v) is 5.14. The Kier molecular flexibility index (Phi) is 5.10. The van der Waals surface area contributed by atoms with E-state index in [4.69, 9.17) is 20.8 Å². The van der Waals surface area contributed by atoms with Crippen molar-refractivity contribution in [2.75, 3.05) is 13.7 Å². The molecule has 0 spiro atoms. The van der Waals surface area contributed by atoms with Gasteiger partial charge in [-0.25, -0.2) is 0 Å². The molecule has 0 radical (unpaired) electrons. The molecule has 0 aliphatic heterocycles. The fraction of sp³-hybridized carbons (Fsp3) is 0.375. The molecule has 0 fully saturated rings. The highest BCUT2D eigenvalue weighted by molar-refractivity contribution is 6.32. The van der Waals surface area contributed by atoms with Crippen molar-refractivity contribution in [1.82, 2.24) is 5.32 Å². The van der Waals surface area contributed by atoms with Crippen molar-refractivity contribution in [3.63, 3.8) is 0 Å². The predicted octanol–water partition coefficient (Wildman–Crippen LogP) is 4.34. The number of hydrogen-bond acceptors (Lipinski definition) is 3. The summed E-state index contributed by atoms with van der Waals surface area (Å²) in [5, 5.41) is 4.09. The first kappa shape index (κ1) is 14.9. The van der Waals surface area contributed by atoms with Crippen LogP contribution in [0.2, 0.25) is 5.02 Å². The first-order chi connectivity index (χ1) is 9.65. The second kappa shape index (κ2) is 6.82. The van der Waals surface area contributed by atoms with Crippen LogP contribution in [-0.2, 0) is 0 Å². The van der Waals surface area contributed by atoms with Crippen LogP contribution in [0, 0.1) is 6.92 Å². The minimum Gasteiger partial charge on any atom is -0.495 e. The molecule has 20 heavy (non-hydrogen) atoms. The third-order valence-electron chi connectivity index (χ3n) is 3.15.